The van der Waals surface area contributed by atoms with Gasteiger partial charge in [0.2, 0.25) is 11.8 Å². The molecule has 4 nitrogen and oxygen atoms in total. The molecule has 1 aliphatic heterocycles. The van der Waals surface area contributed by atoms with Crippen LogP contribution in [0.3, 0.4) is 0 Å². The molecule has 1 aromatic carbocycles. The molecule has 1 saturated heterocycles. The fraction of sp³-hybridized carbons (Fsp3) is 0.556. The third-order valence-corrected chi connectivity index (χ3v) is 4.60. The molecular weight excluding hydrogens is 276 g/mol. The monoisotopic (exact) mass is 302 g/mol. The van der Waals surface area contributed by atoms with Crippen LogP contribution < -0.4 is 5.32 Å². The minimum Gasteiger partial charge on any atom is -0.356 e. The molecule has 0 atom stereocenters. The van der Waals surface area contributed by atoms with Gasteiger partial charge in [-0.25, -0.2) is 0 Å². The first-order chi connectivity index (χ1) is 10.5. The Bertz CT molecular complexity index is 546. The van der Waals surface area contributed by atoms with Crippen LogP contribution in [-0.4, -0.2) is 36.3 Å². The summed E-state index contributed by atoms with van der Waals surface area (Å²) < 4.78 is 0. The highest BCUT2D eigenvalue weighted by atomic mass is 16.2. The van der Waals surface area contributed by atoms with Crippen LogP contribution in [0, 0.1) is 19.8 Å². The summed E-state index contributed by atoms with van der Waals surface area (Å²) in [5, 5.41) is 3.04. The fourth-order valence-electron chi connectivity index (χ4n) is 2.89. The summed E-state index contributed by atoms with van der Waals surface area (Å²) in [7, 11) is 0. The van der Waals surface area contributed by atoms with Crippen molar-refractivity contribution in [1.29, 1.82) is 0 Å². The third kappa shape index (κ3) is 4.33. The second kappa shape index (κ2) is 7.43. The predicted molar refractivity (Wildman–Crippen MR) is 87.6 cm³/mol. The van der Waals surface area contributed by atoms with Crippen molar-refractivity contribution in [3.05, 3.63) is 34.9 Å². The van der Waals surface area contributed by atoms with Gasteiger partial charge in [-0.1, -0.05) is 18.2 Å². The maximum absolute atomic E-state index is 12.2. The van der Waals surface area contributed by atoms with Crippen molar-refractivity contribution in [2.45, 2.75) is 40.0 Å². The molecule has 22 heavy (non-hydrogen) atoms. The van der Waals surface area contributed by atoms with Crippen LogP contribution in [0.15, 0.2) is 18.2 Å². The number of carbonyl (C=O) groups excluding carboxylic acids is 2. The molecule has 1 fully saturated rings. The van der Waals surface area contributed by atoms with Gasteiger partial charge in [0, 0.05) is 32.5 Å². The highest BCUT2D eigenvalue weighted by molar-refractivity contribution is 5.79. The van der Waals surface area contributed by atoms with E-state index in [9.17, 15) is 9.59 Å². The first kappa shape index (κ1) is 16.5. The highest BCUT2D eigenvalue weighted by Gasteiger charge is 2.25. The topological polar surface area (TPSA) is 49.4 Å². The molecular formula is C18H26N2O2. The summed E-state index contributed by atoms with van der Waals surface area (Å²) in [6, 6.07) is 6.44. The van der Waals surface area contributed by atoms with E-state index in [2.05, 4.69) is 37.4 Å². The van der Waals surface area contributed by atoms with E-state index in [1.165, 1.54) is 16.7 Å². The molecule has 0 bridgehead atoms. The van der Waals surface area contributed by atoms with Crippen LogP contribution in [0.4, 0.5) is 0 Å². The minimum atomic E-state index is 0.0513. The smallest absolute Gasteiger partial charge is 0.223 e. The van der Waals surface area contributed by atoms with Crippen molar-refractivity contribution < 1.29 is 9.59 Å². The number of nitrogens with one attached hydrogen (secondary N) is 1. The molecule has 1 N–H and O–H groups in total. The normalized spacial score (nSPS) is 15.7. The molecule has 0 saturated carbocycles. The van der Waals surface area contributed by atoms with Crippen molar-refractivity contribution in [3.63, 3.8) is 0 Å². The predicted octanol–water partition coefficient (Wildman–Crippen LogP) is 2.22. The zero-order chi connectivity index (χ0) is 16.1. The van der Waals surface area contributed by atoms with Gasteiger partial charge in [0.1, 0.15) is 0 Å². The molecule has 4 heteroatoms. The summed E-state index contributed by atoms with van der Waals surface area (Å²) >= 11 is 0. The molecule has 2 rings (SSSR count). The lowest BCUT2D eigenvalue weighted by atomic mass is 9.96. The van der Waals surface area contributed by atoms with Gasteiger partial charge < -0.3 is 10.2 Å². The van der Waals surface area contributed by atoms with E-state index in [4.69, 9.17) is 0 Å². The van der Waals surface area contributed by atoms with Crippen LogP contribution in [0.2, 0.25) is 0 Å². The number of benzene rings is 1. The van der Waals surface area contributed by atoms with Crippen LogP contribution in [-0.2, 0) is 16.0 Å². The molecule has 0 unspecified atom stereocenters. The molecule has 120 valence electrons. The highest BCUT2D eigenvalue weighted by Crippen LogP contribution is 2.17. The maximum atomic E-state index is 12.2. The second-order valence-electron chi connectivity index (χ2n) is 6.24. The number of hydrogen-bond donors (Lipinski definition) is 1. The lowest BCUT2D eigenvalue weighted by Gasteiger charge is -2.30. The molecule has 2 amide bonds. The number of piperidine rings is 1. The van der Waals surface area contributed by atoms with Gasteiger partial charge in [0.25, 0.3) is 0 Å². The van der Waals surface area contributed by atoms with Crippen LogP contribution in [0.5, 0.6) is 0 Å². The first-order valence-corrected chi connectivity index (χ1v) is 8.06. The Kier molecular flexibility index (Phi) is 5.58. The number of hydrogen-bond acceptors (Lipinski definition) is 2. The number of carbonyl (C=O) groups is 2. The third-order valence-electron chi connectivity index (χ3n) is 4.60. The van der Waals surface area contributed by atoms with Gasteiger partial charge in [-0.2, -0.15) is 0 Å². The van der Waals surface area contributed by atoms with Crippen LogP contribution >= 0.6 is 0 Å². The standard InChI is InChI=1S/C18H26N2O2/c1-13-4-5-16(12-14(13)2)6-9-19-18(22)17-7-10-20(11-8-17)15(3)21/h4-5,12,17H,6-11H2,1-3H3,(H,19,22). The Balaban J connectivity index is 1.74. The van der Waals surface area contributed by atoms with Crippen molar-refractivity contribution in [3.8, 4) is 0 Å². The number of rotatable bonds is 4. The summed E-state index contributed by atoms with van der Waals surface area (Å²) in [4.78, 5) is 25.3. The molecule has 0 spiro atoms. The van der Waals surface area contributed by atoms with Gasteiger partial charge in [0.15, 0.2) is 0 Å². The van der Waals surface area contributed by atoms with E-state index in [0.29, 0.717) is 19.6 Å². The average molecular weight is 302 g/mol. The number of aryl methyl sites for hydroxylation is 2. The zero-order valence-electron chi connectivity index (χ0n) is 13.8. The first-order valence-electron chi connectivity index (χ1n) is 8.06. The molecule has 1 aromatic rings. The largest absolute Gasteiger partial charge is 0.356 e. The summed E-state index contributed by atoms with van der Waals surface area (Å²) in [6.45, 7) is 7.88. The summed E-state index contributed by atoms with van der Waals surface area (Å²) in [6.07, 6.45) is 2.41. The minimum absolute atomic E-state index is 0.0513. The SMILES string of the molecule is CC(=O)N1CCC(C(=O)NCCc2ccc(C)c(C)c2)CC1. The quantitative estimate of drug-likeness (QED) is 0.927. The Labute approximate surface area is 132 Å². The van der Waals surface area contributed by atoms with Crippen molar-refractivity contribution in [1.82, 2.24) is 10.2 Å². The molecule has 1 heterocycles. The molecule has 0 aromatic heterocycles. The van der Waals surface area contributed by atoms with E-state index in [-0.39, 0.29) is 17.7 Å². The Morgan fingerprint density at radius 1 is 1.18 bits per heavy atom. The van der Waals surface area contributed by atoms with Gasteiger partial charge in [-0.3, -0.25) is 9.59 Å². The Morgan fingerprint density at radius 2 is 1.86 bits per heavy atom. The molecule has 0 aliphatic carbocycles. The molecule has 1 aliphatic rings. The van der Waals surface area contributed by atoms with Crippen molar-refractivity contribution in [2.24, 2.45) is 5.92 Å². The summed E-state index contributed by atoms with van der Waals surface area (Å²) in [5.41, 5.74) is 3.85. The Morgan fingerprint density at radius 3 is 2.45 bits per heavy atom. The van der Waals surface area contributed by atoms with E-state index >= 15 is 0 Å². The van der Waals surface area contributed by atoms with E-state index in [1.807, 2.05) is 4.90 Å². The second-order valence-corrected chi connectivity index (χ2v) is 6.24. The Hall–Kier alpha value is -1.84. The van der Waals surface area contributed by atoms with Crippen molar-refractivity contribution >= 4 is 11.8 Å². The van der Waals surface area contributed by atoms with Gasteiger partial charge in [-0.15, -0.1) is 0 Å². The average Bonchev–Trinajstić information content (AvgIpc) is 2.51. The summed E-state index contributed by atoms with van der Waals surface area (Å²) in [5.74, 6) is 0.288. The number of nitrogens with zero attached hydrogens (tertiary/aromatic N) is 1. The lowest BCUT2D eigenvalue weighted by Crippen LogP contribution is -2.42. The van der Waals surface area contributed by atoms with Crippen molar-refractivity contribution in [2.75, 3.05) is 19.6 Å². The van der Waals surface area contributed by atoms with Gasteiger partial charge in [-0.05, 0) is 49.8 Å². The number of likely N-dealkylation sites (tertiary alicyclic amines) is 1. The lowest BCUT2D eigenvalue weighted by molar-refractivity contribution is -0.133. The van der Waals surface area contributed by atoms with Gasteiger partial charge in [0.05, 0.1) is 0 Å². The fourth-order valence-corrected chi connectivity index (χ4v) is 2.89. The van der Waals surface area contributed by atoms with E-state index in [0.717, 1.165) is 19.3 Å². The van der Waals surface area contributed by atoms with Crippen LogP contribution in [0.1, 0.15) is 36.5 Å². The van der Waals surface area contributed by atoms with Crippen LogP contribution in [0.25, 0.3) is 0 Å². The zero-order valence-corrected chi connectivity index (χ0v) is 13.8. The number of amides is 2. The van der Waals surface area contributed by atoms with E-state index in [1.54, 1.807) is 6.92 Å². The van der Waals surface area contributed by atoms with E-state index < -0.39 is 0 Å². The molecule has 0 radical (unpaired) electrons. The maximum Gasteiger partial charge on any atom is 0.223 e. The van der Waals surface area contributed by atoms with Gasteiger partial charge >= 0.3 is 0 Å².